The maximum absolute atomic E-state index is 2.25. The summed E-state index contributed by atoms with van der Waals surface area (Å²) in [5, 5.41) is 5.39. The SMILES string of the molecule is Cc1cc2ccccc2[cH-]1.Cc1cc2ccccc2[cH-]1.[CH3][Ge][CH3].[Cl-].[Cl-].[Zr+4]. The van der Waals surface area contributed by atoms with Gasteiger partial charge in [0.15, 0.2) is 0 Å². The van der Waals surface area contributed by atoms with Crippen molar-refractivity contribution in [2.24, 2.45) is 0 Å². The van der Waals surface area contributed by atoms with Crippen LogP contribution in [0.25, 0.3) is 21.5 Å². The van der Waals surface area contributed by atoms with Crippen molar-refractivity contribution in [2.45, 2.75) is 25.4 Å². The van der Waals surface area contributed by atoms with Crippen LogP contribution < -0.4 is 24.8 Å². The van der Waals surface area contributed by atoms with Gasteiger partial charge in [0, 0.05) is 0 Å². The first kappa shape index (κ1) is 27.9. The zero-order valence-corrected chi connectivity index (χ0v) is 21.8. The Labute approximate surface area is 195 Å². The molecule has 0 bridgehead atoms. The molecule has 0 saturated heterocycles. The van der Waals surface area contributed by atoms with Gasteiger partial charge in [0.1, 0.15) is 0 Å². The second-order valence-electron chi connectivity index (χ2n) is 5.82. The van der Waals surface area contributed by atoms with Gasteiger partial charge in [0.25, 0.3) is 0 Å². The van der Waals surface area contributed by atoms with Gasteiger partial charge in [-0.25, -0.2) is 0 Å². The van der Waals surface area contributed by atoms with E-state index in [1.54, 1.807) is 0 Å². The van der Waals surface area contributed by atoms with E-state index in [0.717, 1.165) is 0 Å². The van der Waals surface area contributed by atoms with E-state index in [0.29, 0.717) is 15.4 Å². The average molecular weight is 523 g/mol. The molecule has 0 nitrogen and oxygen atoms in total. The van der Waals surface area contributed by atoms with Crippen molar-refractivity contribution in [2.75, 3.05) is 0 Å². The van der Waals surface area contributed by atoms with E-state index >= 15 is 0 Å². The predicted molar refractivity (Wildman–Crippen MR) is 106 cm³/mol. The number of rotatable bonds is 0. The minimum atomic E-state index is 0. The van der Waals surface area contributed by atoms with Crippen LogP contribution in [-0.2, 0) is 26.2 Å². The topological polar surface area (TPSA) is 0 Å². The van der Waals surface area contributed by atoms with Gasteiger partial charge >= 0.3 is 53.1 Å². The summed E-state index contributed by atoms with van der Waals surface area (Å²) in [5.41, 5.74) is 2.70. The molecule has 0 aliphatic rings. The Balaban J connectivity index is 0. The van der Waals surface area contributed by atoms with Gasteiger partial charge in [-0.3, -0.25) is 0 Å². The maximum atomic E-state index is 2.25. The molecule has 0 heterocycles. The molecule has 0 atom stereocenters. The fraction of sp³-hybridized carbons (Fsp3) is 0.182. The maximum Gasteiger partial charge on any atom is 4.00 e. The van der Waals surface area contributed by atoms with E-state index in [9.17, 15) is 0 Å². The third-order valence-corrected chi connectivity index (χ3v) is 3.52. The molecule has 0 amide bonds. The first-order valence-corrected chi connectivity index (χ1v) is 12.2. The van der Waals surface area contributed by atoms with Crippen molar-refractivity contribution < 1.29 is 51.0 Å². The second-order valence-corrected chi connectivity index (χ2v) is 7.92. The fourth-order valence-electron chi connectivity index (χ4n) is 2.61. The van der Waals surface area contributed by atoms with Crippen molar-refractivity contribution in [1.82, 2.24) is 0 Å². The summed E-state index contributed by atoms with van der Waals surface area (Å²) in [4.78, 5) is 0. The van der Waals surface area contributed by atoms with Gasteiger partial charge in [-0.15, -0.1) is 81.2 Å². The Morgan fingerprint density at radius 1 is 0.654 bits per heavy atom. The van der Waals surface area contributed by atoms with E-state index in [2.05, 4.69) is 98.2 Å². The minimum Gasteiger partial charge on any atom is -1.00 e. The molecule has 4 aromatic carbocycles. The summed E-state index contributed by atoms with van der Waals surface area (Å²) in [6.45, 7) is 4.25. The first-order chi connectivity index (χ1) is 11.1. The number of halogens is 2. The Kier molecular flexibility index (Phi) is 15.8. The number of fused-ring (bicyclic) bond motifs is 2. The molecular weight excluding hydrogens is 499 g/mol. The summed E-state index contributed by atoms with van der Waals surface area (Å²) < 4.78 is 0. The zero-order chi connectivity index (χ0) is 16.7. The van der Waals surface area contributed by atoms with Crippen LogP contribution in [0.4, 0.5) is 0 Å². The average Bonchev–Trinajstić information content (AvgIpc) is 3.08. The fourth-order valence-corrected chi connectivity index (χ4v) is 2.61. The van der Waals surface area contributed by atoms with Crippen LogP contribution in [-0.4, -0.2) is 15.4 Å². The molecule has 2 radical (unpaired) electrons. The molecule has 0 saturated carbocycles. The number of hydrogen-bond acceptors (Lipinski definition) is 0. The molecule has 26 heavy (non-hydrogen) atoms. The molecule has 0 aliphatic carbocycles. The van der Waals surface area contributed by atoms with Gasteiger partial charge in [-0.05, 0) is 0 Å². The Morgan fingerprint density at radius 2 is 0.962 bits per heavy atom. The second kappa shape index (κ2) is 14.7. The van der Waals surface area contributed by atoms with Gasteiger partial charge in [-0.2, -0.15) is 12.1 Å². The molecule has 0 fully saturated rings. The van der Waals surface area contributed by atoms with Crippen LogP contribution in [0, 0.1) is 13.8 Å². The van der Waals surface area contributed by atoms with Crippen LogP contribution >= 0.6 is 0 Å². The Hall–Kier alpha value is -0.334. The molecular formula is C22H24Cl2GeZr. The molecule has 0 unspecified atom stereocenters. The van der Waals surface area contributed by atoms with Crippen LogP contribution in [0.15, 0.2) is 72.8 Å². The zero-order valence-electron chi connectivity index (χ0n) is 15.7. The number of benzene rings is 2. The molecule has 4 rings (SSSR count). The molecule has 134 valence electrons. The van der Waals surface area contributed by atoms with Crippen LogP contribution in [0.2, 0.25) is 11.5 Å². The molecule has 0 aliphatic heterocycles. The molecule has 4 heteroatoms. The van der Waals surface area contributed by atoms with E-state index in [4.69, 9.17) is 0 Å². The normalized spacial score (nSPS) is 8.77. The van der Waals surface area contributed by atoms with E-state index < -0.39 is 0 Å². The number of aryl methyl sites for hydroxylation is 2. The number of hydrogen-bond donors (Lipinski definition) is 0. The van der Waals surface area contributed by atoms with Crippen molar-refractivity contribution in [1.29, 1.82) is 0 Å². The van der Waals surface area contributed by atoms with Gasteiger partial charge < -0.3 is 24.8 Å². The molecule has 0 N–H and O–H groups in total. The summed E-state index contributed by atoms with van der Waals surface area (Å²) in [6.07, 6.45) is 0. The van der Waals surface area contributed by atoms with Crippen LogP contribution in [0.5, 0.6) is 0 Å². The van der Waals surface area contributed by atoms with E-state index in [-0.39, 0.29) is 51.0 Å². The molecule has 0 spiro atoms. The van der Waals surface area contributed by atoms with Crippen molar-refractivity contribution in [3.8, 4) is 0 Å². The summed E-state index contributed by atoms with van der Waals surface area (Å²) >= 11 is 0.500. The Morgan fingerprint density at radius 3 is 1.27 bits per heavy atom. The van der Waals surface area contributed by atoms with Crippen molar-refractivity contribution >= 4 is 37.0 Å². The van der Waals surface area contributed by atoms with Gasteiger partial charge in [-0.1, -0.05) is 26.0 Å². The quantitative estimate of drug-likeness (QED) is 0.233. The first-order valence-electron chi connectivity index (χ1n) is 7.96. The van der Waals surface area contributed by atoms with Crippen molar-refractivity contribution in [3.63, 3.8) is 0 Å². The summed E-state index contributed by atoms with van der Waals surface area (Å²) in [7, 11) is 0. The van der Waals surface area contributed by atoms with Crippen molar-refractivity contribution in [3.05, 3.63) is 83.9 Å². The molecule has 0 aromatic heterocycles. The summed E-state index contributed by atoms with van der Waals surface area (Å²) in [6, 6.07) is 25.7. The van der Waals surface area contributed by atoms with Gasteiger partial charge in [0.05, 0.1) is 0 Å². The van der Waals surface area contributed by atoms with E-state index in [1.165, 1.54) is 32.7 Å². The van der Waals surface area contributed by atoms with E-state index in [1.807, 2.05) is 0 Å². The third-order valence-electron chi connectivity index (χ3n) is 3.52. The largest absolute Gasteiger partial charge is 4.00 e. The Bertz CT molecular complexity index is 726. The van der Waals surface area contributed by atoms with Crippen LogP contribution in [0.3, 0.4) is 0 Å². The monoisotopic (exact) mass is 522 g/mol. The molecule has 4 aromatic rings. The third kappa shape index (κ3) is 8.57. The standard InChI is InChI=1S/2C10H9.C2H6Ge.2ClH.Zr/c2*1-8-6-9-4-2-3-5-10(9)7-8;1-3-2;;;/h2*2-7H,1H3;1-2H3;2*1H;/q2*-1;;;;+4/p-2. The summed E-state index contributed by atoms with van der Waals surface area (Å²) in [5.74, 6) is 4.50. The minimum absolute atomic E-state index is 0. The van der Waals surface area contributed by atoms with Crippen LogP contribution in [0.1, 0.15) is 11.1 Å². The van der Waals surface area contributed by atoms with Gasteiger partial charge in [0.2, 0.25) is 0 Å². The smallest absolute Gasteiger partial charge is 1.00 e. The predicted octanol–water partition coefficient (Wildman–Crippen LogP) is 0.527.